The molecule has 0 spiro atoms. The molecular formula is C26H27N3O3S. The Morgan fingerprint density at radius 2 is 1.52 bits per heavy atom. The number of sulfonamides is 1. The molecule has 0 aliphatic carbocycles. The van der Waals surface area contributed by atoms with E-state index in [0.29, 0.717) is 18.5 Å². The Morgan fingerprint density at radius 1 is 0.909 bits per heavy atom. The molecular weight excluding hydrogens is 434 g/mol. The van der Waals surface area contributed by atoms with Crippen LogP contribution >= 0.6 is 0 Å². The molecule has 0 bridgehead atoms. The number of amides is 2. The lowest BCUT2D eigenvalue weighted by molar-refractivity contribution is 0.242. The molecule has 2 amide bonds. The zero-order chi connectivity index (χ0) is 23.4. The highest BCUT2D eigenvalue weighted by Gasteiger charge is 2.33. The molecule has 1 N–H and O–H groups in total. The first-order chi connectivity index (χ1) is 15.8. The summed E-state index contributed by atoms with van der Waals surface area (Å²) in [4.78, 5) is 14.6. The maximum Gasteiger partial charge on any atom is 0.327 e. The second kappa shape index (κ2) is 9.58. The van der Waals surface area contributed by atoms with Crippen LogP contribution in [0.5, 0.6) is 0 Å². The van der Waals surface area contributed by atoms with Crippen LogP contribution in [0.2, 0.25) is 0 Å². The highest BCUT2D eigenvalue weighted by Crippen LogP contribution is 2.24. The van der Waals surface area contributed by atoms with Crippen LogP contribution in [0.15, 0.2) is 88.2 Å². The summed E-state index contributed by atoms with van der Waals surface area (Å²) in [5.41, 5.74) is 3.75. The molecule has 0 aromatic heterocycles. The van der Waals surface area contributed by atoms with Gasteiger partial charge in [0.05, 0.1) is 10.6 Å². The number of carbonyl (C=O) groups excluding carboxylic acids is 1. The zero-order valence-corrected chi connectivity index (χ0v) is 19.5. The van der Waals surface area contributed by atoms with Crippen molar-refractivity contribution in [2.24, 2.45) is 4.40 Å². The van der Waals surface area contributed by atoms with Crippen molar-refractivity contribution < 1.29 is 13.2 Å². The summed E-state index contributed by atoms with van der Waals surface area (Å²) in [7, 11) is -3.97. The lowest BCUT2D eigenvalue weighted by atomic mass is 10.0. The molecule has 1 aliphatic heterocycles. The minimum atomic E-state index is -3.97. The van der Waals surface area contributed by atoms with Crippen molar-refractivity contribution in [1.29, 1.82) is 0 Å². The quantitative estimate of drug-likeness (QED) is 0.560. The predicted octanol–water partition coefficient (Wildman–Crippen LogP) is 5.01. The molecule has 1 heterocycles. The fourth-order valence-electron chi connectivity index (χ4n) is 3.82. The second-order valence-electron chi connectivity index (χ2n) is 8.34. The van der Waals surface area contributed by atoms with E-state index in [2.05, 4.69) is 9.71 Å². The van der Waals surface area contributed by atoms with Gasteiger partial charge in [0.2, 0.25) is 0 Å². The monoisotopic (exact) mass is 461 g/mol. The summed E-state index contributed by atoms with van der Waals surface area (Å²) in [6.07, 6.45) is 1.77. The largest absolute Gasteiger partial charge is 0.334 e. The van der Waals surface area contributed by atoms with Crippen LogP contribution < -0.4 is 10.2 Å². The number of amidine groups is 1. The van der Waals surface area contributed by atoms with Crippen LogP contribution in [0.25, 0.3) is 0 Å². The van der Waals surface area contributed by atoms with Crippen LogP contribution in [0.3, 0.4) is 0 Å². The van der Waals surface area contributed by atoms with E-state index >= 15 is 0 Å². The van der Waals surface area contributed by atoms with Crippen molar-refractivity contribution in [2.75, 3.05) is 4.90 Å². The standard InChI is InChI=1S/C26H27N3O3S/c1-19-8-14-23(15-9-19)29-25(28-33(31,32)24-16-10-20(2)11-17-24)18-22(27-26(29)30)13-12-21-6-4-3-5-7-21/h3-11,14-17,22H,12-13,18H2,1-2H3,(H,27,30). The third-order valence-corrected chi connectivity index (χ3v) is 7.00. The van der Waals surface area contributed by atoms with Crippen LogP contribution in [0.4, 0.5) is 10.5 Å². The fourth-order valence-corrected chi connectivity index (χ4v) is 4.84. The molecule has 3 aromatic rings. The number of rotatable bonds is 6. The Balaban J connectivity index is 1.66. The van der Waals surface area contributed by atoms with Gasteiger partial charge >= 0.3 is 6.03 Å². The Kier molecular flexibility index (Phi) is 6.60. The normalized spacial score (nSPS) is 17.8. The van der Waals surface area contributed by atoms with Gasteiger partial charge in [-0.1, -0.05) is 65.7 Å². The number of carbonyl (C=O) groups is 1. The first-order valence-corrected chi connectivity index (χ1v) is 12.4. The minimum Gasteiger partial charge on any atom is -0.334 e. The summed E-state index contributed by atoms with van der Waals surface area (Å²) in [5.74, 6) is 0.223. The number of hydrogen-bond donors (Lipinski definition) is 1. The maximum absolute atomic E-state index is 13.1. The first kappa shape index (κ1) is 22.7. The predicted molar refractivity (Wildman–Crippen MR) is 131 cm³/mol. The fraction of sp³-hybridized carbons (Fsp3) is 0.231. The molecule has 3 aromatic carbocycles. The van der Waals surface area contributed by atoms with Gasteiger partial charge in [0.15, 0.2) is 0 Å². The smallest absolute Gasteiger partial charge is 0.327 e. The number of nitrogens with one attached hydrogen (secondary N) is 1. The Hall–Kier alpha value is -3.45. The van der Waals surface area contributed by atoms with E-state index in [1.54, 1.807) is 36.4 Å². The van der Waals surface area contributed by atoms with Crippen molar-refractivity contribution in [3.05, 3.63) is 95.6 Å². The van der Waals surface area contributed by atoms with E-state index in [-0.39, 0.29) is 22.8 Å². The van der Waals surface area contributed by atoms with E-state index < -0.39 is 10.0 Å². The summed E-state index contributed by atoms with van der Waals surface area (Å²) in [5, 5.41) is 3.02. The second-order valence-corrected chi connectivity index (χ2v) is 9.95. The number of anilines is 1. The van der Waals surface area contributed by atoms with Crippen molar-refractivity contribution >= 4 is 27.6 Å². The Morgan fingerprint density at radius 3 is 2.15 bits per heavy atom. The third kappa shape index (κ3) is 5.49. The van der Waals surface area contributed by atoms with Gasteiger partial charge in [0, 0.05) is 12.5 Å². The molecule has 6 nitrogen and oxygen atoms in total. The Labute approximate surface area is 195 Å². The average Bonchev–Trinajstić information content (AvgIpc) is 2.79. The molecule has 1 aliphatic rings. The third-order valence-electron chi connectivity index (χ3n) is 5.68. The van der Waals surface area contributed by atoms with Gasteiger partial charge in [-0.2, -0.15) is 8.42 Å². The van der Waals surface area contributed by atoms with Crippen LogP contribution in [-0.4, -0.2) is 26.3 Å². The summed E-state index contributed by atoms with van der Waals surface area (Å²) < 4.78 is 30.3. The molecule has 1 unspecified atom stereocenters. The van der Waals surface area contributed by atoms with Gasteiger partial charge in [0.1, 0.15) is 5.84 Å². The van der Waals surface area contributed by atoms with Gasteiger partial charge in [-0.3, -0.25) is 0 Å². The van der Waals surface area contributed by atoms with Gasteiger partial charge in [-0.15, -0.1) is 4.40 Å². The van der Waals surface area contributed by atoms with Crippen LogP contribution in [0, 0.1) is 13.8 Å². The maximum atomic E-state index is 13.1. The molecule has 0 saturated carbocycles. The SMILES string of the molecule is Cc1ccc(N2C(=O)NC(CCc3ccccc3)CC2=NS(=O)(=O)c2ccc(C)cc2)cc1. The molecule has 1 fully saturated rings. The Bertz CT molecular complexity index is 1250. The molecule has 170 valence electrons. The number of benzene rings is 3. The van der Waals surface area contributed by atoms with Crippen molar-refractivity contribution in [1.82, 2.24) is 5.32 Å². The number of urea groups is 1. The lowest BCUT2D eigenvalue weighted by Gasteiger charge is -2.34. The van der Waals surface area contributed by atoms with E-state index in [1.165, 1.54) is 10.5 Å². The lowest BCUT2D eigenvalue weighted by Crippen LogP contribution is -2.55. The number of nitrogens with zero attached hydrogens (tertiary/aromatic N) is 2. The van der Waals surface area contributed by atoms with E-state index in [1.807, 2.05) is 56.3 Å². The van der Waals surface area contributed by atoms with Crippen molar-refractivity contribution in [3.8, 4) is 0 Å². The van der Waals surface area contributed by atoms with E-state index in [9.17, 15) is 13.2 Å². The van der Waals surface area contributed by atoms with Gasteiger partial charge in [-0.25, -0.2) is 9.69 Å². The zero-order valence-electron chi connectivity index (χ0n) is 18.7. The summed E-state index contributed by atoms with van der Waals surface area (Å²) in [6, 6.07) is 23.3. The molecule has 1 atom stereocenters. The van der Waals surface area contributed by atoms with Crippen molar-refractivity contribution in [3.63, 3.8) is 0 Å². The molecule has 0 radical (unpaired) electrons. The minimum absolute atomic E-state index is 0.108. The molecule has 1 saturated heterocycles. The topological polar surface area (TPSA) is 78.8 Å². The van der Waals surface area contributed by atoms with Gasteiger partial charge < -0.3 is 5.32 Å². The van der Waals surface area contributed by atoms with Gasteiger partial charge in [0.25, 0.3) is 10.0 Å². The molecule has 4 rings (SSSR count). The molecule has 33 heavy (non-hydrogen) atoms. The van der Waals surface area contributed by atoms with E-state index in [4.69, 9.17) is 0 Å². The highest BCUT2D eigenvalue weighted by molar-refractivity contribution is 7.90. The van der Waals surface area contributed by atoms with Crippen molar-refractivity contribution in [2.45, 2.75) is 44.0 Å². The number of hydrogen-bond acceptors (Lipinski definition) is 3. The van der Waals surface area contributed by atoms with Crippen LogP contribution in [0.1, 0.15) is 29.5 Å². The average molecular weight is 462 g/mol. The van der Waals surface area contributed by atoms with Crippen LogP contribution in [-0.2, 0) is 16.4 Å². The first-order valence-electron chi connectivity index (χ1n) is 10.9. The van der Waals surface area contributed by atoms with Gasteiger partial charge in [-0.05, 0) is 56.5 Å². The number of aryl methyl sites for hydroxylation is 3. The van der Waals surface area contributed by atoms with E-state index in [0.717, 1.165) is 17.5 Å². The summed E-state index contributed by atoms with van der Waals surface area (Å²) >= 11 is 0. The highest BCUT2D eigenvalue weighted by atomic mass is 32.2. The molecule has 7 heteroatoms. The summed E-state index contributed by atoms with van der Waals surface area (Å²) in [6.45, 7) is 3.85.